The molecule has 3 nitrogen and oxygen atoms in total. The van der Waals surface area contributed by atoms with Crippen LogP contribution in [0.15, 0.2) is 30.3 Å². The summed E-state index contributed by atoms with van der Waals surface area (Å²) in [6, 6.07) is 11.7. The first-order valence-electron chi connectivity index (χ1n) is 8.39. The van der Waals surface area contributed by atoms with E-state index in [-0.39, 0.29) is 5.91 Å². The fourth-order valence-electron chi connectivity index (χ4n) is 3.42. The van der Waals surface area contributed by atoms with E-state index < -0.39 is 0 Å². The number of amides is 1. The van der Waals surface area contributed by atoms with Crippen molar-refractivity contribution in [2.45, 2.75) is 57.0 Å². The molecule has 2 fully saturated rings. The van der Waals surface area contributed by atoms with Crippen molar-refractivity contribution in [3.63, 3.8) is 0 Å². The second-order valence-electron chi connectivity index (χ2n) is 6.54. The van der Waals surface area contributed by atoms with Gasteiger partial charge in [0.25, 0.3) is 0 Å². The number of nitrogens with one attached hydrogen (secondary N) is 2. The molecule has 0 spiro atoms. The van der Waals surface area contributed by atoms with Crippen LogP contribution < -0.4 is 10.6 Å². The van der Waals surface area contributed by atoms with Gasteiger partial charge in [0.2, 0.25) is 5.91 Å². The average molecular weight is 286 g/mol. The van der Waals surface area contributed by atoms with Crippen molar-refractivity contribution in [2.24, 2.45) is 5.92 Å². The molecule has 1 amide bonds. The zero-order valence-corrected chi connectivity index (χ0v) is 12.7. The zero-order valence-electron chi connectivity index (χ0n) is 12.7. The van der Waals surface area contributed by atoms with Crippen molar-refractivity contribution in [3.8, 4) is 0 Å². The molecule has 1 saturated carbocycles. The molecule has 2 atom stereocenters. The smallest absolute Gasteiger partial charge is 0.220 e. The van der Waals surface area contributed by atoms with E-state index in [2.05, 4.69) is 41.0 Å². The van der Waals surface area contributed by atoms with E-state index in [1.165, 1.54) is 31.2 Å². The van der Waals surface area contributed by atoms with E-state index in [4.69, 9.17) is 0 Å². The number of carbonyl (C=O) groups is 1. The van der Waals surface area contributed by atoms with Crippen molar-refractivity contribution in [2.75, 3.05) is 6.54 Å². The molecule has 2 N–H and O–H groups in total. The summed E-state index contributed by atoms with van der Waals surface area (Å²) < 4.78 is 0. The highest BCUT2D eigenvalue weighted by molar-refractivity contribution is 5.76. The van der Waals surface area contributed by atoms with Gasteiger partial charge >= 0.3 is 0 Å². The number of rotatable bonds is 5. The highest BCUT2D eigenvalue weighted by Gasteiger charge is 2.25. The van der Waals surface area contributed by atoms with E-state index in [1.807, 2.05) is 0 Å². The maximum absolute atomic E-state index is 11.5. The Balaban J connectivity index is 1.64. The van der Waals surface area contributed by atoms with Gasteiger partial charge in [0, 0.05) is 25.0 Å². The van der Waals surface area contributed by atoms with Crippen LogP contribution in [0.3, 0.4) is 0 Å². The van der Waals surface area contributed by atoms with Crippen LogP contribution in [0.1, 0.15) is 56.6 Å². The van der Waals surface area contributed by atoms with Crippen LogP contribution in [0.4, 0.5) is 0 Å². The second-order valence-corrected chi connectivity index (χ2v) is 6.54. The van der Waals surface area contributed by atoms with Gasteiger partial charge in [-0.25, -0.2) is 0 Å². The molecule has 1 aromatic carbocycles. The molecule has 114 valence electrons. The van der Waals surface area contributed by atoms with Gasteiger partial charge in [0.05, 0.1) is 0 Å². The summed E-state index contributed by atoms with van der Waals surface area (Å²) in [6.45, 7) is 0.807. The Morgan fingerprint density at radius 2 is 1.95 bits per heavy atom. The van der Waals surface area contributed by atoms with Crippen molar-refractivity contribution in [3.05, 3.63) is 35.9 Å². The largest absolute Gasteiger partial charge is 0.356 e. The van der Waals surface area contributed by atoms with Crippen LogP contribution >= 0.6 is 0 Å². The SMILES string of the molecule is O=C1CCC(NC(CC2CCC2)c2ccccc2)CCN1. The maximum Gasteiger partial charge on any atom is 0.220 e. The molecule has 1 aliphatic carbocycles. The Labute approximate surface area is 127 Å². The van der Waals surface area contributed by atoms with Crippen LogP contribution in [0, 0.1) is 5.92 Å². The topological polar surface area (TPSA) is 41.1 Å². The summed E-state index contributed by atoms with van der Waals surface area (Å²) in [4.78, 5) is 11.5. The molecule has 1 aromatic rings. The normalized spacial score (nSPS) is 24.8. The van der Waals surface area contributed by atoms with E-state index >= 15 is 0 Å². The van der Waals surface area contributed by atoms with Crippen molar-refractivity contribution >= 4 is 5.91 Å². The van der Waals surface area contributed by atoms with Crippen LogP contribution in [0.5, 0.6) is 0 Å². The van der Waals surface area contributed by atoms with Gasteiger partial charge in [0.15, 0.2) is 0 Å². The second kappa shape index (κ2) is 7.08. The molecule has 3 rings (SSSR count). The summed E-state index contributed by atoms with van der Waals surface area (Å²) in [5, 5.41) is 6.81. The van der Waals surface area contributed by atoms with E-state index in [0.29, 0.717) is 18.5 Å². The third kappa shape index (κ3) is 4.07. The van der Waals surface area contributed by atoms with Gasteiger partial charge in [0.1, 0.15) is 0 Å². The highest BCUT2D eigenvalue weighted by atomic mass is 16.1. The minimum Gasteiger partial charge on any atom is -0.356 e. The average Bonchev–Trinajstić information content (AvgIpc) is 2.67. The summed E-state index contributed by atoms with van der Waals surface area (Å²) in [5.74, 6) is 1.09. The van der Waals surface area contributed by atoms with Gasteiger partial charge < -0.3 is 10.6 Å². The molecule has 0 aromatic heterocycles. The first-order valence-corrected chi connectivity index (χ1v) is 8.39. The lowest BCUT2D eigenvalue weighted by atomic mass is 9.79. The molecule has 3 heteroatoms. The standard InChI is InChI=1S/C18H26N2O/c21-18-10-9-16(11-12-19-18)20-17(13-14-5-4-6-14)15-7-2-1-3-8-15/h1-3,7-8,14,16-17,20H,4-6,9-13H2,(H,19,21). The summed E-state index contributed by atoms with van der Waals surface area (Å²) in [5.41, 5.74) is 1.40. The summed E-state index contributed by atoms with van der Waals surface area (Å²) >= 11 is 0. The zero-order chi connectivity index (χ0) is 14.5. The first-order chi connectivity index (χ1) is 10.3. The Kier molecular flexibility index (Phi) is 4.91. The highest BCUT2D eigenvalue weighted by Crippen LogP contribution is 2.35. The molecule has 1 saturated heterocycles. The number of benzene rings is 1. The molecule has 2 aliphatic rings. The predicted molar refractivity (Wildman–Crippen MR) is 84.9 cm³/mol. The molecule has 0 bridgehead atoms. The Hall–Kier alpha value is -1.35. The minimum atomic E-state index is 0.203. The molecule has 21 heavy (non-hydrogen) atoms. The summed E-state index contributed by atoms with van der Waals surface area (Å²) in [7, 11) is 0. The molecular weight excluding hydrogens is 260 g/mol. The van der Waals surface area contributed by atoms with E-state index in [9.17, 15) is 4.79 Å². The van der Waals surface area contributed by atoms with Crippen molar-refractivity contribution in [1.29, 1.82) is 0 Å². The number of carbonyl (C=O) groups excluding carboxylic acids is 1. The number of hydrogen-bond acceptors (Lipinski definition) is 2. The number of hydrogen-bond donors (Lipinski definition) is 2. The Bertz CT molecular complexity index is 456. The van der Waals surface area contributed by atoms with Gasteiger partial charge in [-0.3, -0.25) is 4.79 Å². The van der Waals surface area contributed by atoms with Crippen LogP contribution in [-0.2, 0) is 4.79 Å². The third-order valence-electron chi connectivity index (χ3n) is 4.97. The summed E-state index contributed by atoms with van der Waals surface area (Å²) in [6.07, 6.45) is 8.06. The Morgan fingerprint density at radius 1 is 1.14 bits per heavy atom. The fraction of sp³-hybridized carbons (Fsp3) is 0.611. The van der Waals surface area contributed by atoms with Gasteiger partial charge in [-0.2, -0.15) is 0 Å². The minimum absolute atomic E-state index is 0.203. The van der Waals surface area contributed by atoms with Gasteiger partial charge in [-0.05, 0) is 30.7 Å². The van der Waals surface area contributed by atoms with Crippen molar-refractivity contribution < 1.29 is 4.79 Å². The monoisotopic (exact) mass is 286 g/mol. The molecule has 1 heterocycles. The lowest BCUT2D eigenvalue weighted by molar-refractivity contribution is -0.120. The molecular formula is C18H26N2O. The van der Waals surface area contributed by atoms with Gasteiger partial charge in [-0.15, -0.1) is 0 Å². The molecule has 1 aliphatic heterocycles. The van der Waals surface area contributed by atoms with E-state index in [1.54, 1.807) is 0 Å². The van der Waals surface area contributed by atoms with Crippen LogP contribution in [0.2, 0.25) is 0 Å². The van der Waals surface area contributed by atoms with Crippen molar-refractivity contribution in [1.82, 2.24) is 10.6 Å². The quantitative estimate of drug-likeness (QED) is 0.873. The lowest BCUT2D eigenvalue weighted by Gasteiger charge is -2.32. The van der Waals surface area contributed by atoms with Crippen LogP contribution in [-0.4, -0.2) is 18.5 Å². The Morgan fingerprint density at radius 3 is 2.67 bits per heavy atom. The van der Waals surface area contributed by atoms with E-state index in [0.717, 1.165) is 25.3 Å². The maximum atomic E-state index is 11.5. The first kappa shape index (κ1) is 14.6. The van der Waals surface area contributed by atoms with Gasteiger partial charge in [-0.1, -0.05) is 49.6 Å². The third-order valence-corrected chi connectivity index (χ3v) is 4.97. The van der Waals surface area contributed by atoms with Crippen LogP contribution in [0.25, 0.3) is 0 Å². The molecule has 0 radical (unpaired) electrons. The predicted octanol–water partition coefficient (Wildman–Crippen LogP) is 3.18. The molecule has 2 unspecified atom stereocenters. The lowest BCUT2D eigenvalue weighted by Crippen LogP contribution is -2.35. The fourth-order valence-corrected chi connectivity index (χ4v) is 3.42.